The number of carbonyl (C=O) groups is 2. The second-order valence-electron chi connectivity index (χ2n) is 10.4. The number of fused-ring (bicyclic) bond motifs is 2. The van der Waals surface area contributed by atoms with Crippen LogP contribution in [0.15, 0.2) is 24.4 Å². The fourth-order valence-electron chi connectivity index (χ4n) is 5.33. The number of ether oxygens (including phenoxy) is 1. The monoisotopic (exact) mass is 636 g/mol. The third-order valence-corrected chi connectivity index (χ3v) is 7.39. The van der Waals surface area contributed by atoms with Gasteiger partial charge in [0, 0.05) is 31.7 Å². The maximum Gasteiger partial charge on any atom is 0.417 e. The second-order valence-corrected chi connectivity index (χ2v) is 11.6. The van der Waals surface area contributed by atoms with Gasteiger partial charge in [0.15, 0.2) is 0 Å². The topological polar surface area (TPSA) is 146 Å². The number of nitrogens with zero attached hydrogens (tertiary/aromatic N) is 2. The number of hydrogen-bond donors (Lipinski definition) is 2. The van der Waals surface area contributed by atoms with E-state index in [1.54, 1.807) is 6.07 Å². The van der Waals surface area contributed by atoms with Crippen molar-refractivity contribution in [1.29, 1.82) is 0 Å². The van der Waals surface area contributed by atoms with E-state index in [9.17, 15) is 22.4 Å². The maximum atomic E-state index is 14.5. The second kappa shape index (κ2) is 14.1. The van der Waals surface area contributed by atoms with Crippen LogP contribution in [0.3, 0.4) is 0 Å². The van der Waals surface area contributed by atoms with Gasteiger partial charge in [-0.3, -0.25) is 18.7 Å². The Balaban J connectivity index is 0.000000540. The number of pyridine rings is 1. The van der Waals surface area contributed by atoms with Crippen LogP contribution in [0.1, 0.15) is 78.4 Å². The van der Waals surface area contributed by atoms with Crippen molar-refractivity contribution in [2.45, 2.75) is 82.3 Å². The summed E-state index contributed by atoms with van der Waals surface area (Å²) in [7, 11) is 0. The Kier molecular flexibility index (Phi) is 11.3. The zero-order valence-electron chi connectivity index (χ0n) is 22.8. The molecule has 1 aromatic heterocycles. The molecular weight excluding hydrogens is 606 g/mol. The fraction of sp³-hybridized carbons (Fsp3) is 0.519. The summed E-state index contributed by atoms with van der Waals surface area (Å²) < 4.78 is 77.1. The van der Waals surface area contributed by atoms with Gasteiger partial charge >= 0.3 is 6.18 Å². The molecule has 4 atom stereocenters. The molecule has 9 nitrogen and oxygen atoms in total. The molecule has 3 aliphatic rings. The van der Waals surface area contributed by atoms with Gasteiger partial charge in [-0.05, 0) is 80.0 Å². The van der Waals surface area contributed by atoms with E-state index in [-0.39, 0.29) is 34.7 Å². The molecule has 1 aromatic carbocycles. The molecule has 1 aliphatic carbocycles. The largest absolute Gasteiger partial charge is 0.773 e. The number of halogens is 5. The predicted octanol–water partition coefficient (Wildman–Crippen LogP) is 5.03. The zero-order chi connectivity index (χ0) is 31.4. The molecule has 2 saturated heterocycles. The highest BCUT2D eigenvalue weighted by Crippen LogP contribution is 2.45. The molecule has 2 unspecified atom stereocenters. The first-order valence-corrected chi connectivity index (χ1v) is 14.9. The average molecular weight is 637 g/mol. The molecule has 3 N–H and O–H groups in total. The van der Waals surface area contributed by atoms with Crippen molar-refractivity contribution in [3.63, 3.8) is 0 Å². The molecule has 42 heavy (non-hydrogen) atoms. The third kappa shape index (κ3) is 9.35. The van der Waals surface area contributed by atoms with Crippen molar-refractivity contribution in [3.05, 3.63) is 57.5 Å². The number of amides is 1. The van der Waals surface area contributed by atoms with Crippen LogP contribution in [0.4, 0.5) is 17.6 Å². The first-order valence-electron chi connectivity index (χ1n) is 13.0. The highest BCUT2D eigenvalue weighted by atomic mass is 35.5. The van der Waals surface area contributed by atoms with Crippen LogP contribution in [0.5, 0.6) is 5.88 Å². The summed E-state index contributed by atoms with van der Waals surface area (Å²) in [5.74, 6) is -1.85. The van der Waals surface area contributed by atoms with Crippen LogP contribution >= 0.6 is 11.6 Å². The molecule has 0 radical (unpaired) electrons. The van der Waals surface area contributed by atoms with Gasteiger partial charge in [-0.15, -0.1) is 0 Å². The molecule has 2 aliphatic heterocycles. The van der Waals surface area contributed by atoms with Crippen molar-refractivity contribution in [2.75, 3.05) is 6.26 Å². The zero-order valence-corrected chi connectivity index (χ0v) is 24.4. The highest BCUT2D eigenvalue weighted by Gasteiger charge is 2.42. The first kappa shape index (κ1) is 33.7. The maximum absolute atomic E-state index is 14.5. The number of carboxylic acids is 1. The van der Waals surface area contributed by atoms with Crippen LogP contribution in [0.25, 0.3) is 0 Å². The lowest BCUT2D eigenvalue weighted by molar-refractivity contribution is -0.138. The summed E-state index contributed by atoms with van der Waals surface area (Å²) in [4.78, 5) is 26.8. The van der Waals surface area contributed by atoms with Crippen molar-refractivity contribution < 1.29 is 45.8 Å². The van der Waals surface area contributed by atoms with Gasteiger partial charge in [0.1, 0.15) is 16.9 Å². The lowest BCUT2D eigenvalue weighted by Crippen LogP contribution is -2.46. The third-order valence-electron chi connectivity index (χ3n) is 7.12. The van der Waals surface area contributed by atoms with Crippen LogP contribution in [0, 0.1) is 5.82 Å². The number of primary amides is 1. The smallest absolute Gasteiger partial charge is 0.417 e. The van der Waals surface area contributed by atoms with Crippen molar-refractivity contribution in [3.8, 4) is 5.88 Å². The number of hydrogen-bond acceptors (Lipinski definition) is 7. The number of aromatic nitrogens is 1. The number of benzene rings is 1. The van der Waals surface area contributed by atoms with Crippen molar-refractivity contribution >= 4 is 34.6 Å². The minimum absolute atomic E-state index is 0.00708. The summed E-state index contributed by atoms with van der Waals surface area (Å²) in [6, 6.07) is 4.28. The minimum atomic E-state index is -4.52. The van der Waals surface area contributed by atoms with Gasteiger partial charge in [0.05, 0.1) is 11.1 Å². The fourth-order valence-corrected chi connectivity index (χ4v) is 5.54. The number of alkyl halides is 3. The molecule has 5 rings (SSSR count). The summed E-state index contributed by atoms with van der Waals surface area (Å²) in [5.41, 5.74) is 6.23. The summed E-state index contributed by atoms with van der Waals surface area (Å²) in [6.07, 6.45) is 2.38. The first-order chi connectivity index (χ1) is 19.6. The molecule has 1 saturated carbocycles. The molecular formula is C27H31ClF4N3O6S-. The number of piperidine rings is 1. The quantitative estimate of drug-likeness (QED) is 0.332. The molecule has 2 bridgehead atoms. The van der Waals surface area contributed by atoms with E-state index < -0.39 is 40.5 Å². The van der Waals surface area contributed by atoms with Crippen molar-refractivity contribution in [1.82, 2.24) is 9.88 Å². The Bertz CT molecular complexity index is 1290. The number of aliphatic carboxylic acids is 1. The Labute approximate surface area is 247 Å². The molecule has 3 fully saturated rings. The SMILES string of the molecule is CC(=O)O.CS(=O)[O-].NC(=O)c1cc(C2CC2)c(CN2[C@@H]3CC[C@H]2CC(Oc2ncc(C(F)(F)F)cc2Cl)C3)cc1F. The minimum Gasteiger partial charge on any atom is -0.773 e. The van der Waals surface area contributed by atoms with Gasteiger partial charge in [-0.25, -0.2) is 9.37 Å². The lowest BCUT2D eigenvalue weighted by Gasteiger charge is -2.39. The summed E-state index contributed by atoms with van der Waals surface area (Å²) in [6.45, 7) is 1.66. The Morgan fingerprint density at radius 2 is 1.74 bits per heavy atom. The van der Waals surface area contributed by atoms with Crippen LogP contribution in [-0.2, 0) is 28.6 Å². The highest BCUT2D eigenvalue weighted by molar-refractivity contribution is 7.78. The molecule has 3 heterocycles. The van der Waals surface area contributed by atoms with Gasteiger partial charge in [-0.2, -0.15) is 13.2 Å². The van der Waals surface area contributed by atoms with Crippen LogP contribution < -0.4 is 10.5 Å². The number of rotatable bonds is 6. The molecule has 0 spiro atoms. The van der Waals surface area contributed by atoms with E-state index >= 15 is 0 Å². The van der Waals surface area contributed by atoms with E-state index in [0.29, 0.717) is 25.3 Å². The molecule has 232 valence electrons. The number of nitrogens with two attached hydrogens (primary N) is 1. The Hall–Kier alpha value is -2.81. The van der Waals surface area contributed by atoms with Gasteiger partial charge in [-0.1, -0.05) is 22.7 Å². The molecule has 1 amide bonds. The standard InChI is InChI=1S/C24H24ClF4N3O2.C2H4O2.CH4O2S/c25-20-6-14(24(27,28)29)10-31-23(20)34-17-7-15-3-4-16(8-17)32(15)11-13-5-21(26)19(22(30)33)9-18(13)12-1-2-12;1-2(3)4;1-4(2)3/h5-6,9-10,12,15-17H,1-4,7-8,11H2,(H2,30,33);1H3,(H,3,4);1H3,(H,2,3)/p-1/t15-,16+,17?;;. The van der Waals surface area contributed by atoms with Crippen LogP contribution in [0.2, 0.25) is 5.02 Å². The van der Waals surface area contributed by atoms with Crippen molar-refractivity contribution in [2.24, 2.45) is 5.73 Å². The summed E-state index contributed by atoms with van der Waals surface area (Å²) in [5, 5.41) is 7.25. The summed E-state index contributed by atoms with van der Waals surface area (Å²) >= 11 is 4.15. The Morgan fingerprint density at radius 3 is 2.19 bits per heavy atom. The van der Waals surface area contributed by atoms with E-state index in [0.717, 1.165) is 62.3 Å². The molecule has 2 aromatic rings. The lowest BCUT2D eigenvalue weighted by atomic mass is 9.95. The number of carboxylic acid groups (broad SMARTS) is 1. The van der Waals surface area contributed by atoms with Gasteiger partial charge < -0.3 is 20.1 Å². The van der Waals surface area contributed by atoms with Gasteiger partial charge in [0.25, 0.3) is 11.9 Å². The van der Waals surface area contributed by atoms with E-state index in [1.165, 1.54) is 6.07 Å². The number of carbonyl (C=O) groups excluding carboxylic acids is 1. The van der Waals surface area contributed by atoms with Crippen LogP contribution in [-0.4, -0.2) is 60.1 Å². The van der Waals surface area contributed by atoms with E-state index in [1.807, 2.05) is 0 Å². The van der Waals surface area contributed by atoms with Gasteiger partial charge in [0.2, 0.25) is 5.88 Å². The Morgan fingerprint density at radius 1 is 1.19 bits per heavy atom. The average Bonchev–Trinajstić information content (AvgIpc) is 3.66. The van der Waals surface area contributed by atoms with E-state index in [4.69, 9.17) is 40.7 Å². The normalized spacial score (nSPS) is 22.2. The molecule has 15 heteroatoms. The predicted molar refractivity (Wildman–Crippen MR) is 145 cm³/mol. The van der Waals surface area contributed by atoms with E-state index in [2.05, 4.69) is 9.88 Å².